The lowest BCUT2D eigenvalue weighted by Crippen LogP contribution is -2.26. The first kappa shape index (κ1) is 11.1. The van der Waals surface area contributed by atoms with Crippen LogP contribution in [0, 0.1) is 6.92 Å². The Hall–Kier alpha value is -1.35. The Morgan fingerprint density at radius 1 is 1.62 bits per heavy atom. The van der Waals surface area contributed by atoms with Crippen LogP contribution in [0.4, 0.5) is 0 Å². The highest BCUT2D eigenvalue weighted by Gasteiger charge is 2.20. The van der Waals surface area contributed by atoms with Crippen molar-refractivity contribution in [1.29, 1.82) is 0 Å². The third-order valence-corrected chi connectivity index (χ3v) is 2.82. The quantitative estimate of drug-likeness (QED) is 0.759. The first-order valence-corrected chi connectivity index (χ1v) is 5.73. The van der Waals surface area contributed by atoms with Crippen molar-refractivity contribution in [2.75, 3.05) is 6.54 Å². The van der Waals surface area contributed by atoms with Gasteiger partial charge in [-0.1, -0.05) is 12.6 Å². The van der Waals surface area contributed by atoms with Gasteiger partial charge in [0.2, 0.25) is 0 Å². The van der Waals surface area contributed by atoms with Crippen LogP contribution in [0.2, 0.25) is 0 Å². The Labute approximate surface area is 95.8 Å². The predicted molar refractivity (Wildman–Crippen MR) is 65.6 cm³/mol. The summed E-state index contributed by atoms with van der Waals surface area (Å²) < 4.78 is 1.71. The third-order valence-electron chi connectivity index (χ3n) is 2.82. The van der Waals surface area contributed by atoms with Crippen molar-refractivity contribution in [3.8, 4) is 0 Å². The Kier molecular flexibility index (Phi) is 3.25. The molecular formula is C13H18N2O. The number of aryl methyl sites for hydroxylation is 1. The van der Waals surface area contributed by atoms with E-state index >= 15 is 0 Å². The van der Waals surface area contributed by atoms with Gasteiger partial charge in [0, 0.05) is 30.9 Å². The third kappa shape index (κ3) is 2.83. The normalized spacial score (nSPS) is 15.1. The summed E-state index contributed by atoms with van der Waals surface area (Å²) in [4.78, 5) is 11.8. The Morgan fingerprint density at radius 2 is 2.38 bits per heavy atom. The van der Waals surface area contributed by atoms with Crippen LogP contribution >= 0.6 is 0 Å². The average Bonchev–Trinajstić information content (AvgIpc) is 3.06. The van der Waals surface area contributed by atoms with E-state index in [1.54, 1.807) is 4.57 Å². The number of pyridine rings is 1. The maximum Gasteiger partial charge on any atom is 0.253 e. The van der Waals surface area contributed by atoms with E-state index in [2.05, 4.69) is 11.9 Å². The topological polar surface area (TPSA) is 34.0 Å². The fourth-order valence-corrected chi connectivity index (χ4v) is 1.65. The van der Waals surface area contributed by atoms with E-state index in [4.69, 9.17) is 0 Å². The number of hydrogen-bond acceptors (Lipinski definition) is 2. The molecule has 1 fully saturated rings. The van der Waals surface area contributed by atoms with Crippen LogP contribution in [0.25, 0.3) is 0 Å². The second kappa shape index (κ2) is 4.66. The van der Waals surface area contributed by atoms with Gasteiger partial charge in [-0.15, -0.1) is 0 Å². The average molecular weight is 218 g/mol. The van der Waals surface area contributed by atoms with E-state index in [0.717, 1.165) is 17.7 Å². The molecule has 16 heavy (non-hydrogen) atoms. The molecule has 1 aliphatic carbocycles. The highest BCUT2D eigenvalue weighted by molar-refractivity contribution is 5.10. The maximum absolute atomic E-state index is 11.8. The monoisotopic (exact) mass is 218 g/mol. The van der Waals surface area contributed by atoms with Crippen molar-refractivity contribution in [2.45, 2.75) is 32.4 Å². The lowest BCUT2D eigenvalue weighted by atomic mass is 10.2. The van der Waals surface area contributed by atoms with E-state index in [1.807, 2.05) is 25.3 Å². The molecule has 86 valence electrons. The number of aromatic nitrogens is 1. The van der Waals surface area contributed by atoms with Gasteiger partial charge in [0.15, 0.2) is 0 Å². The van der Waals surface area contributed by atoms with Crippen molar-refractivity contribution in [2.24, 2.45) is 0 Å². The van der Waals surface area contributed by atoms with Crippen LogP contribution < -0.4 is 10.9 Å². The second-order valence-electron chi connectivity index (χ2n) is 4.53. The van der Waals surface area contributed by atoms with Crippen molar-refractivity contribution in [1.82, 2.24) is 9.88 Å². The van der Waals surface area contributed by atoms with Crippen molar-refractivity contribution >= 4 is 0 Å². The molecule has 2 rings (SSSR count). The van der Waals surface area contributed by atoms with Gasteiger partial charge in [0.1, 0.15) is 0 Å². The molecule has 0 amide bonds. The van der Waals surface area contributed by atoms with Gasteiger partial charge in [-0.2, -0.15) is 0 Å². The summed E-state index contributed by atoms with van der Waals surface area (Å²) in [5.41, 5.74) is 1.92. The first-order valence-electron chi connectivity index (χ1n) is 5.73. The summed E-state index contributed by atoms with van der Waals surface area (Å²) in [5, 5.41) is 3.40. The minimum atomic E-state index is 0.0788. The molecular weight excluding hydrogens is 200 g/mol. The summed E-state index contributed by atoms with van der Waals surface area (Å²) in [5.74, 6) is 0. The fourth-order valence-electron chi connectivity index (χ4n) is 1.65. The van der Waals surface area contributed by atoms with E-state index in [-0.39, 0.29) is 5.56 Å². The van der Waals surface area contributed by atoms with Crippen molar-refractivity contribution in [3.63, 3.8) is 0 Å². The van der Waals surface area contributed by atoms with Gasteiger partial charge < -0.3 is 9.88 Å². The van der Waals surface area contributed by atoms with Crippen molar-refractivity contribution in [3.05, 3.63) is 46.4 Å². The molecule has 0 radical (unpaired) electrons. The second-order valence-corrected chi connectivity index (χ2v) is 4.53. The molecule has 1 aromatic rings. The molecule has 3 nitrogen and oxygen atoms in total. The molecule has 0 spiro atoms. The zero-order valence-corrected chi connectivity index (χ0v) is 9.70. The molecule has 1 aliphatic rings. The molecule has 0 atom stereocenters. The zero-order chi connectivity index (χ0) is 11.5. The summed E-state index contributed by atoms with van der Waals surface area (Å²) in [7, 11) is 0. The van der Waals surface area contributed by atoms with E-state index in [1.165, 1.54) is 12.8 Å². The Balaban J connectivity index is 1.94. The molecule has 1 aromatic heterocycles. The number of nitrogens with one attached hydrogen (secondary N) is 1. The largest absolute Gasteiger partial charge is 0.311 e. The van der Waals surface area contributed by atoms with Crippen molar-refractivity contribution < 1.29 is 0 Å². The minimum Gasteiger partial charge on any atom is -0.311 e. The van der Waals surface area contributed by atoms with Crippen LogP contribution in [-0.4, -0.2) is 17.2 Å². The molecule has 1 N–H and O–H groups in total. The molecule has 0 bridgehead atoms. The smallest absolute Gasteiger partial charge is 0.253 e. The highest BCUT2D eigenvalue weighted by Crippen LogP contribution is 2.18. The molecule has 0 aromatic carbocycles. The Bertz CT molecular complexity index is 443. The molecule has 3 heteroatoms. The van der Waals surface area contributed by atoms with E-state index in [9.17, 15) is 4.79 Å². The van der Waals surface area contributed by atoms with Gasteiger partial charge in [-0.3, -0.25) is 4.79 Å². The maximum atomic E-state index is 11.8. The highest BCUT2D eigenvalue weighted by atomic mass is 16.1. The number of nitrogens with zero attached hydrogens (tertiary/aromatic N) is 1. The summed E-state index contributed by atoms with van der Waals surface area (Å²) in [6, 6.07) is 4.42. The summed E-state index contributed by atoms with van der Waals surface area (Å²) in [6.07, 6.45) is 4.37. The molecule has 0 saturated heterocycles. The van der Waals surface area contributed by atoms with Gasteiger partial charge in [0.05, 0.1) is 0 Å². The molecule has 1 saturated carbocycles. The summed E-state index contributed by atoms with van der Waals surface area (Å²) in [6.45, 7) is 7.26. The van der Waals surface area contributed by atoms with Crippen LogP contribution in [0.15, 0.2) is 35.3 Å². The predicted octanol–water partition coefficient (Wildman–Crippen LogP) is 1.46. The van der Waals surface area contributed by atoms with E-state index in [0.29, 0.717) is 12.6 Å². The number of hydrogen-bond donors (Lipinski definition) is 1. The summed E-state index contributed by atoms with van der Waals surface area (Å²) >= 11 is 0. The van der Waals surface area contributed by atoms with Gasteiger partial charge in [-0.25, -0.2) is 0 Å². The minimum absolute atomic E-state index is 0.0788. The van der Waals surface area contributed by atoms with Crippen LogP contribution in [0.5, 0.6) is 0 Å². The van der Waals surface area contributed by atoms with Crippen LogP contribution in [0.3, 0.4) is 0 Å². The van der Waals surface area contributed by atoms with E-state index < -0.39 is 0 Å². The molecule has 1 heterocycles. The lowest BCUT2D eigenvalue weighted by molar-refractivity contribution is 0.668. The molecule has 0 unspecified atom stereocenters. The standard InChI is InChI=1S/C13H18N2O/c1-10(8-14-12-5-6-12)9-15-7-3-4-11(2)13(15)16/h3-4,7,12,14H,1,5-6,8-9H2,2H3. The fraction of sp³-hybridized carbons (Fsp3) is 0.462. The lowest BCUT2D eigenvalue weighted by Gasteiger charge is -2.09. The molecule has 0 aliphatic heterocycles. The van der Waals surface area contributed by atoms with Crippen LogP contribution in [-0.2, 0) is 6.54 Å². The SMILES string of the molecule is C=C(CNC1CC1)Cn1cccc(C)c1=O. The first-order chi connectivity index (χ1) is 7.66. The number of rotatable bonds is 5. The van der Waals surface area contributed by atoms with Gasteiger partial charge >= 0.3 is 0 Å². The Morgan fingerprint density at radius 3 is 3.06 bits per heavy atom. The van der Waals surface area contributed by atoms with Gasteiger partial charge in [0.25, 0.3) is 5.56 Å². The zero-order valence-electron chi connectivity index (χ0n) is 9.70. The van der Waals surface area contributed by atoms with Gasteiger partial charge in [-0.05, 0) is 31.4 Å². The van der Waals surface area contributed by atoms with Crippen LogP contribution in [0.1, 0.15) is 18.4 Å².